The monoisotopic (exact) mass is 321 g/mol. The minimum absolute atomic E-state index is 0.0422. The highest BCUT2D eigenvalue weighted by Crippen LogP contribution is 2.24. The summed E-state index contributed by atoms with van der Waals surface area (Å²) in [5, 5.41) is 8.28. The number of amides is 1. The van der Waals surface area contributed by atoms with Crippen LogP contribution in [0.5, 0.6) is 0 Å². The van der Waals surface area contributed by atoms with Gasteiger partial charge in [0.15, 0.2) is 5.82 Å². The highest BCUT2D eigenvalue weighted by molar-refractivity contribution is 5.69. The summed E-state index contributed by atoms with van der Waals surface area (Å²) >= 11 is 0. The van der Waals surface area contributed by atoms with Crippen molar-refractivity contribution in [2.24, 2.45) is 0 Å². The molecule has 0 aromatic carbocycles. The molecule has 124 valence electrons. The highest BCUT2D eigenvalue weighted by Gasteiger charge is 2.32. The lowest BCUT2D eigenvalue weighted by Crippen LogP contribution is -2.47. The Bertz CT molecular complexity index is 731. The zero-order valence-corrected chi connectivity index (χ0v) is 13.7. The molecule has 1 aliphatic rings. The number of rotatable bonds is 1. The maximum Gasteiger partial charge on any atom is 0.410 e. The van der Waals surface area contributed by atoms with Crippen molar-refractivity contribution < 1.29 is 13.9 Å². The lowest BCUT2D eigenvalue weighted by Gasteiger charge is -2.35. The maximum atomic E-state index is 13.2. The average Bonchev–Trinajstić information content (AvgIpc) is 3.01. The lowest BCUT2D eigenvalue weighted by molar-refractivity contribution is 0.00906. The van der Waals surface area contributed by atoms with Crippen molar-refractivity contribution in [2.45, 2.75) is 52.4 Å². The zero-order chi connectivity index (χ0) is 16.8. The molecular formula is C15H20FN5O2. The fourth-order valence-corrected chi connectivity index (χ4v) is 2.58. The molecule has 3 rings (SSSR count). The van der Waals surface area contributed by atoms with E-state index in [1.54, 1.807) is 11.1 Å². The third-order valence-electron chi connectivity index (χ3n) is 3.64. The van der Waals surface area contributed by atoms with Gasteiger partial charge in [0.1, 0.15) is 11.3 Å². The van der Waals surface area contributed by atoms with Crippen LogP contribution in [-0.4, -0.2) is 42.2 Å². The summed E-state index contributed by atoms with van der Waals surface area (Å²) in [4.78, 5) is 14.1. The Hall–Kier alpha value is -2.38. The molecule has 0 spiro atoms. The van der Waals surface area contributed by atoms with Gasteiger partial charge in [0, 0.05) is 0 Å². The Balaban J connectivity index is 1.88. The molecule has 2 aromatic rings. The molecular weight excluding hydrogens is 301 g/mol. The van der Waals surface area contributed by atoms with E-state index < -0.39 is 11.4 Å². The number of ether oxygens (including phenoxy) is 1. The molecule has 1 atom stereocenters. The van der Waals surface area contributed by atoms with Crippen LogP contribution in [-0.2, 0) is 17.8 Å². The Morgan fingerprint density at radius 2 is 2.09 bits per heavy atom. The number of carbonyl (C=O) groups is 1. The first kappa shape index (κ1) is 15.5. The summed E-state index contributed by atoms with van der Waals surface area (Å²) in [6, 6.07) is -0.0422. The number of hydrogen-bond donors (Lipinski definition) is 0. The second-order valence-corrected chi connectivity index (χ2v) is 6.72. The molecule has 8 heteroatoms. The number of nitrogens with zero attached hydrogens (tertiary/aromatic N) is 5. The molecule has 0 N–H and O–H groups in total. The molecule has 1 aliphatic heterocycles. The van der Waals surface area contributed by atoms with E-state index in [4.69, 9.17) is 4.74 Å². The van der Waals surface area contributed by atoms with Gasteiger partial charge in [-0.05, 0) is 27.7 Å². The van der Waals surface area contributed by atoms with Crippen molar-refractivity contribution in [1.82, 2.24) is 24.5 Å². The standard InChI is InChI=1S/C15H20FN5O2/c1-10-7-20-13(9-19(10)14(22)23-15(2,3)4)12(6-18-20)21-8-11(16)5-17-21/h5-6,8,10H,7,9H2,1-4H3. The van der Waals surface area contributed by atoms with E-state index in [2.05, 4.69) is 10.2 Å². The van der Waals surface area contributed by atoms with E-state index in [0.717, 1.165) is 11.9 Å². The van der Waals surface area contributed by atoms with Gasteiger partial charge in [0.25, 0.3) is 0 Å². The Morgan fingerprint density at radius 1 is 1.35 bits per heavy atom. The van der Waals surface area contributed by atoms with E-state index in [9.17, 15) is 9.18 Å². The maximum absolute atomic E-state index is 13.2. The molecule has 3 heterocycles. The molecule has 0 saturated carbocycles. The second kappa shape index (κ2) is 5.36. The van der Waals surface area contributed by atoms with Gasteiger partial charge in [-0.3, -0.25) is 9.58 Å². The van der Waals surface area contributed by atoms with E-state index in [0.29, 0.717) is 18.8 Å². The molecule has 1 amide bonds. The summed E-state index contributed by atoms with van der Waals surface area (Å²) in [6.07, 6.45) is 3.69. The zero-order valence-electron chi connectivity index (χ0n) is 13.7. The Morgan fingerprint density at radius 3 is 2.70 bits per heavy atom. The third-order valence-corrected chi connectivity index (χ3v) is 3.64. The summed E-state index contributed by atoms with van der Waals surface area (Å²) < 4.78 is 21.9. The van der Waals surface area contributed by atoms with Gasteiger partial charge in [0.2, 0.25) is 0 Å². The van der Waals surface area contributed by atoms with Crippen molar-refractivity contribution in [1.29, 1.82) is 0 Å². The van der Waals surface area contributed by atoms with Crippen LogP contribution < -0.4 is 0 Å². The second-order valence-electron chi connectivity index (χ2n) is 6.72. The molecule has 2 aromatic heterocycles. The highest BCUT2D eigenvalue weighted by atomic mass is 19.1. The number of carbonyl (C=O) groups excluding carboxylic acids is 1. The first-order valence-electron chi connectivity index (χ1n) is 7.49. The Labute approximate surface area is 133 Å². The molecule has 0 aliphatic carbocycles. The van der Waals surface area contributed by atoms with Crippen LogP contribution in [0, 0.1) is 5.82 Å². The van der Waals surface area contributed by atoms with Gasteiger partial charge in [0.05, 0.1) is 43.4 Å². The molecule has 0 fully saturated rings. The molecule has 1 unspecified atom stereocenters. The molecule has 23 heavy (non-hydrogen) atoms. The van der Waals surface area contributed by atoms with Crippen molar-refractivity contribution in [3.63, 3.8) is 0 Å². The van der Waals surface area contributed by atoms with Crippen LogP contribution in [0.1, 0.15) is 33.4 Å². The summed E-state index contributed by atoms with van der Waals surface area (Å²) in [7, 11) is 0. The van der Waals surface area contributed by atoms with Crippen LogP contribution in [0.4, 0.5) is 9.18 Å². The topological polar surface area (TPSA) is 65.2 Å². The number of hydrogen-bond acceptors (Lipinski definition) is 4. The van der Waals surface area contributed by atoms with Crippen LogP contribution in [0.2, 0.25) is 0 Å². The van der Waals surface area contributed by atoms with Crippen molar-refractivity contribution in [2.75, 3.05) is 0 Å². The smallest absolute Gasteiger partial charge is 0.410 e. The minimum atomic E-state index is -0.553. The number of halogens is 1. The fourth-order valence-electron chi connectivity index (χ4n) is 2.58. The number of aromatic nitrogens is 4. The predicted octanol–water partition coefficient (Wildman–Crippen LogP) is 2.35. The van der Waals surface area contributed by atoms with Crippen LogP contribution in [0.25, 0.3) is 5.69 Å². The van der Waals surface area contributed by atoms with E-state index in [-0.39, 0.29) is 12.1 Å². The SMILES string of the molecule is CC1Cn2ncc(-n3cc(F)cn3)c2CN1C(=O)OC(C)(C)C. The molecule has 0 bridgehead atoms. The van der Waals surface area contributed by atoms with Gasteiger partial charge in [-0.15, -0.1) is 0 Å². The van der Waals surface area contributed by atoms with Gasteiger partial charge in [-0.2, -0.15) is 10.2 Å². The van der Waals surface area contributed by atoms with Gasteiger partial charge in [-0.25, -0.2) is 13.9 Å². The molecule has 7 nitrogen and oxygen atoms in total. The average molecular weight is 321 g/mol. The normalized spacial score (nSPS) is 18.0. The van der Waals surface area contributed by atoms with Crippen LogP contribution in [0.3, 0.4) is 0 Å². The van der Waals surface area contributed by atoms with Crippen LogP contribution >= 0.6 is 0 Å². The van der Waals surface area contributed by atoms with Crippen molar-refractivity contribution in [3.8, 4) is 5.69 Å². The number of fused-ring (bicyclic) bond motifs is 1. The van der Waals surface area contributed by atoms with E-state index in [1.165, 1.54) is 10.9 Å². The fraction of sp³-hybridized carbons (Fsp3) is 0.533. The van der Waals surface area contributed by atoms with Gasteiger partial charge in [-0.1, -0.05) is 0 Å². The minimum Gasteiger partial charge on any atom is -0.444 e. The van der Waals surface area contributed by atoms with E-state index in [1.807, 2.05) is 32.4 Å². The van der Waals surface area contributed by atoms with E-state index >= 15 is 0 Å². The van der Waals surface area contributed by atoms with Gasteiger partial charge < -0.3 is 4.74 Å². The largest absolute Gasteiger partial charge is 0.444 e. The van der Waals surface area contributed by atoms with Crippen molar-refractivity contribution in [3.05, 3.63) is 30.1 Å². The first-order chi connectivity index (χ1) is 10.7. The lowest BCUT2D eigenvalue weighted by atomic mass is 10.2. The third kappa shape index (κ3) is 3.06. The summed E-state index contributed by atoms with van der Waals surface area (Å²) in [5.74, 6) is -0.418. The molecule has 0 saturated heterocycles. The van der Waals surface area contributed by atoms with Gasteiger partial charge >= 0.3 is 6.09 Å². The van der Waals surface area contributed by atoms with Crippen LogP contribution in [0.15, 0.2) is 18.6 Å². The first-order valence-corrected chi connectivity index (χ1v) is 7.49. The van der Waals surface area contributed by atoms with Crippen molar-refractivity contribution >= 4 is 6.09 Å². The summed E-state index contributed by atoms with van der Waals surface area (Å²) in [5.41, 5.74) is 0.911. The predicted molar refractivity (Wildman–Crippen MR) is 80.5 cm³/mol. The quantitative estimate of drug-likeness (QED) is 0.809. The Kier molecular flexibility index (Phi) is 3.62. The summed E-state index contributed by atoms with van der Waals surface area (Å²) in [6.45, 7) is 8.35. The molecule has 0 radical (unpaired) electrons.